The summed E-state index contributed by atoms with van der Waals surface area (Å²) in [5.41, 5.74) is 0.803. The molecule has 0 bridgehead atoms. The van der Waals surface area contributed by atoms with Crippen LogP contribution in [0.2, 0.25) is 0 Å². The number of piperazine rings is 1. The molecule has 1 unspecified atom stereocenters. The number of benzene rings is 1. The van der Waals surface area contributed by atoms with E-state index in [9.17, 15) is 9.59 Å². The van der Waals surface area contributed by atoms with Crippen LogP contribution in [-0.2, 0) is 9.59 Å². The first-order valence-corrected chi connectivity index (χ1v) is 10.4. The van der Waals surface area contributed by atoms with Crippen LogP contribution in [-0.4, -0.2) is 61.5 Å². The molecule has 1 aromatic heterocycles. The second kappa shape index (κ2) is 8.41. The Bertz CT molecular complexity index is 880. The van der Waals surface area contributed by atoms with Crippen LogP contribution in [0.25, 0.3) is 0 Å². The zero-order valence-electron chi connectivity index (χ0n) is 16.3. The zero-order valence-corrected chi connectivity index (χ0v) is 17.8. The average Bonchev–Trinajstić information content (AvgIpc) is 3.15. The highest BCUT2D eigenvalue weighted by molar-refractivity contribution is 9.10. The van der Waals surface area contributed by atoms with Crippen LogP contribution in [0.1, 0.15) is 6.42 Å². The zero-order chi connectivity index (χ0) is 20.4. The molecule has 0 radical (unpaired) electrons. The van der Waals surface area contributed by atoms with Crippen LogP contribution in [0.4, 0.5) is 11.5 Å². The van der Waals surface area contributed by atoms with Crippen molar-refractivity contribution in [1.29, 1.82) is 0 Å². The van der Waals surface area contributed by atoms with Gasteiger partial charge >= 0.3 is 0 Å². The van der Waals surface area contributed by atoms with Gasteiger partial charge in [-0.2, -0.15) is 0 Å². The number of amides is 2. The molecule has 2 aromatic rings. The van der Waals surface area contributed by atoms with Gasteiger partial charge in [-0.05, 0) is 52.3 Å². The van der Waals surface area contributed by atoms with Gasteiger partial charge in [0, 0.05) is 55.5 Å². The summed E-state index contributed by atoms with van der Waals surface area (Å²) in [5, 5.41) is 0. The Balaban J connectivity index is 1.35. The molecule has 7 nitrogen and oxygen atoms in total. The molecular weight excluding hydrogens is 436 g/mol. The van der Waals surface area contributed by atoms with E-state index in [0.717, 1.165) is 34.8 Å². The van der Waals surface area contributed by atoms with Crippen LogP contribution in [0.15, 0.2) is 47.1 Å². The Morgan fingerprint density at radius 2 is 1.83 bits per heavy atom. The third-order valence-electron chi connectivity index (χ3n) is 5.49. The molecule has 29 heavy (non-hydrogen) atoms. The monoisotopic (exact) mass is 458 g/mol. The van der Waals surface area contributed by atoms with Crippen LogP contribution in [0, 0.1) is 5.92 Å². The van der Waals surface area contributed by atoms with Gasteiger partial charge in [0.15, 0.2) is 0 Å². The Kier molecular flexibility index (Phi) is 5.71. The number of carbonyl (C=O) groups excluding carboxylic acids is 2. The van der Waals surface area contributed by atoms with E-state index < -0.39 is 0 Å². The lowest BCUT2D eigenvalue weighted by atomic mass is 10.1. The van der Waals surface area contributed by atoms with Gasteiger partial charge in [0.1, 0.15) is 11.6 Å². The minimum atomic E-state index is -0.290. The van der Waals surface area contributed by atoms with Crippen LogP contribution >= 0.6 is 15.9 Å². The Hall–Kier alpha value is -2.61. The van der Waals surface area contributed by atoms with Crippen molar-refractivity contribution >= 4 is 39.2 Å². The van der Waals surface area contributed by atoms with E-state index in [4.69, 9.17) is 4.74 Å². The lowest BCUT2D eigenvalue weighted by Gasteiger charge is -2.36. The van der Waals surface area contributed by atoms with Crippen LogP contribution < -0.4 is 14.5 Å². The van der Waals surface area contributed by atoms with E-state index in [1.807, 2.05) is 41.3 Å². The summed E-state index contributed by atoms with van der Waals surface area (Å²) in [6.45, 7) is 3.19. The molecule has 152 valence electrons. The minimum Gasteiger partial charge on any atom is -0.497 e. The molecule has 1 atom stereocenters. The predicted molar refractivity (Wildman–Crippen MR) is 114 cm³/mol. The Morgan fingerprint density at radius 3 is 2.45 bits per heavy atom. The Morgan fingerprint density at radius 1 is 1.10 bits per heavy atom. The van der Waals surface area contributed by atoms with Gasteiger partial charge < -0.3 is 19.4 Å². The van der Waals surface area contributed by atoms with Crippen molar-refractivity contribution in [1.82, 2.24) is 9.88 Å². The maximum absolute atomic E-state index is 13.0. The van der Waals surface area contributed by atoms with Gasteiger partial charge in [-0.1, -0.05) is 0 Å². The summed E-state index contributed by atoms with van der Waals surface area (Å²) in [4.78, 5) is 35.7. The molecule has 8 heteroatoms. The van der Waals surface area contributed by atoms with Crippen molar-refractivity contribution in [2.45, 2.75) is 6.42 Å². The number of hydrogen-bond acceptors (Lipinski definition) is 5. The van der Waals surface area contributed by atoms with Gasteiger partial charge in [-0.3, -0.25) is 9.59 Å². The summed E-state index contributed by atoms with van der Waals surface area (Å²) in [6, 6.07) is 11.3. The normalized spacial score (nSPS) is 19.6. The molecule has 2 fully saturated rings. The van der Waals surface area contributed by atoms with Gasteiger partial charge in [-0.25, -0.2) is 4.98 Å². The average molecular weight is 459 g/mol. The highest BCUT2D eigenvalue weighted by Crippen LogP contribution is 2.28. The standard InChI is InChI=1S/C21H23BrN4O3/c1-29-18-5-3-17(4-6-18)26-14-15(12-20(26)27)21(28)25-10-8-24(9-11-25)19-7-2-16(22)13-23-19/h2-7,13,15H,8-12,14H2,1H3. The van der Waals surface area contributed by atoms with Crippen molar-refractivity contribution < 1.29 is 14.3 Å². The van der Waals surface area contributed by atoms with Gasteiger partial charge in [0.05, 0.1) is 13.0 Å². The van der Waals surface area contributed by atoms with Gasteiger partial charge in [-0.15, -0.1) is 0 Å². The van der Waals surface area contributed by atoms with E-state index in [2.05, 4.69) is 25.8 Å². The fourth-order valence-corrected chi connectivity index (χ4v) is 4.09. The first-order chi connectivity index (χ1) is 14.0. The number of ether oxygens (including phenoxy) is 1. The molecule has 4 rings (SSSR count). The molecule has 3 heterocycles. The number of halogens is 1. The SMILES string of the molecule is COc1ccc(N2CC(C(=O)N3CCN(c4ccc(Br)cn4)CC3)CC2=O)cc1. The molecular formula is C21H23BrN4O3. The smallest absolute Gasteiger partial charge is 0.228 e. The molecule has 2 aliphatic heterocycles. The maximum atomic E-state index is 13.0. The molecule has 2 aliphatic rings. The molecule has 0 aliphatic carbocycles. The summed E-state index contributed by atoms with van der Waals surface area (Å²) >= 11 is 3.40. The quantitative estimate of drug-likeness (QED) is 0.704. The fourth-order valence-electron chi connectivity index (χ4n) is 3.85. The summed E-state index contributed by atoms with van der Waals surface area (Å²) < 4.78 is 6.12. The van der Waals surface area contributed by atoms with E-state index in [0.29, 0.717) is 19.6 Å². The number of carbonyl (C=O) groups is 2. The summed E-state index contributed by atoms with van der Waals surface area (Å²) in [7, 11) is 1.61. The number of nitrogens with zero attached hydrogens (tertiary/aromatic N) is 4. The summed E-state index contributed by atoms with van der Waals surface area (Å²) in [5.74, 6) is 1.43. The molecule has 1 aromatic carbocycles. The first-order valence-electron chi connectivity index (χ1n) is 9.65. The van der Waals surface area contributed by atoms with Gasteiger partial charge in [0.25, 0.3) is 0 Å². The summed E-state index contributed by atoms with van der Waals surface area (Å²) in [6.07, 6.45) is 2.05. The van der Waals surface area contributed by atoms with E-state index in [1.165, 1.54) is 0 Å². The first kappa shape index (κ1) is 19.7. The number of aromatic nitrogens is 1. The van der Waals surface area contributed by atoms with Crippen LogP contribution in [0.3, 0.4) is 0 Å². The van der Waals surface area contributed by atoms with E-state index in [1.54, 1.807) is 18.2 Å². The van der Waals surface area contributed by atoms with E-state index >= 15 is 0 Å². The van der Waals surface area contributed by atoms with Crippen LogP contribution in [0.5, 0.6) is 5.75 Å². The number of anilines is 2. The highest BCUT2D eigenvalue weighted by Gasteiger charge is 2.38. The number of methoxy groups -OCH3 is 1. The third-order valence-corrected chi connectivity index (χ3v) is 5.95. The van der Waals surface area contributed by atoms with Crippen molar-refractivity contribution in [2.75, 3.05) is 49.6 Å². The van der Waals surface area contributed by atoms with Crippen molar-refractivity contribution in [2.24, 2.45) is 5.92 Å². The number of rotatable bonds is 4. The second-order valence-corrected chi connectivity index (χ2v) is 8.17. The predicted octanol–water partition coefficient (Wildman–Crippen LogP) is 2.55. The molecule has 2 saturated heterocycles. The third kappa shape index (κ3) is 4.22. The molecule has 2 amide bonds. The van der Waals surface area contributed by atoms with Gasteiger partial charge in [0.2, 0.25) is 11.8 Å². The topological polar surface area (TPSA) is 66.0 Å². The largest absolute Gasteiger partial charge is 0.497 e. The second-order valence-electron chi connectivity index (χ2n) is 7.25. The van der Waals surface area contributed by atoms with Crippen molar-refractivity contribution in [3.63, 3.8) is 0 Å². The highest BCUT2D eigenvalue weighted by atomic mass is 79.9. The minimum absolute atomic E-state index is 0.00813. The molecule has 0 spiro atoms. The fraction of sp³-hybridized carbons (Fsp3) is 0.381. The lowest BCUT2D eigenvalue weighted by Crippen LogP contribution is -2.51. The van der Waals surface area contributed by atoms with Crippen molar-refractivity contribution in [3.05, 3.63) is 47.1 Å². The van der Waals surface area contributed by atoms with Crippen molar-refractivity contribution in [3.8, 4) is 5.75 Å². The Labute approximate surface area is 178 Å². The molecule has 0 N–H and O–H groups in total. The lowest BCUT2D eigenvalue weighted by molar-refractivity contribution is -0.136. The molecule has 0 saturated carbocycles. The number of pyridine rings is 1. The maximum Gasteiger partial charge on any atom is 0.228 e. The number of hydrogen-bond donors (Lipinski definition) is 0. The van der Waals surface area contributed by atoms with E-state index in [-0.39, 0.29) is 24.2 Å².